The van der Waals surface area contributed by atoms with Crippen LogP contribution in [0, 0.1) is 11.2 Å². The fourth-order valence-corrected chi connectivity index (χ4v) is 3.79. The zero-order chi connectivity index (χ0) is 23.8. The number of carbonyl (C=O) groups excluding carboxylic acids is 2. The Labute approximate surface area is 189 Å². The number of halogens is 1. The van der Waals surface area contributed by atoms with Gasteiger partial charge >= 0.3 is 5.97 Å². The van der Waals surface area contributed by atoms with Crippen molar-refractivity contribution in [3.8, 4) is 11.1 Å². The van der Waals surface area contributed by atoms with E-state index in [9.17, 15) is 14.0 Å². The lowest BCUT2D eigenvalue weighted by atomic mass is 9.84. The first kappa shape index (κ1) is 23.9. The third-order valence-corrected chi connectivity index (χ3v) is 5.60. The van der Waals surface area contributed by atoms with Crippen LogP contribution in [0.3, 0.4) is 0 Å². The third-order valence-electron chi connectivity index (χ3n) is 5.60. The van der Waals surface area contributed by atoms with Crippen LogP contribution in [0.5, 0.6) is 0 Å². The highest BCUT2D eigenvalue weighted by atomic mass is 19.1. The van der Waals surface area contributed by atoms with Crippen LogP contribution in [-0.4, -0.2) is 23.5 Å². The van der Waals surface area contributed by atoms with Gasteiger partial charge in [-0.25, -0.2) is 4.39 Å². The highest BCUT2D eigenvalue weighted by Crippen LogP contribution is 2.40. The van der Waals surface area contributed by atoms with E-state index in [1.807, 2.05) is 25.1 Å². The maximum absolute atomic E-state index is 13.3. The maximum atomic E-state index is 13.3. The molecule has 0 N–H and O–H groups in total. The lowest BCUT2D eigenvalue weighted by Crippen LogP contribution is -2.44. The summed E-state index contributed by atoms with van der Waals surface area (Å²) < 4.78 is 25.1. The second-order valence-electron chi connectivity index (χ2n) is 9.71. The maximum Gasteiger partial charge on any atom is 0.316 e. The number of hydrogen-bond donors (Lipinski definition) is 0. The van der Waals surface area contributed by atoms with E-state index in [2.05, 4.69) is 0 Å². The zero-order valence-electron chi connectivity index (χ0n) is 19.8. The van der Waals surface area contributed by atoms with E-state index in [4.69, 9.17) is 9.47 Å². The molecule has 0 amide bonds. The third kappa shape index (κ3) is 4.68. The van der Waals surface area contributed by atoms with Gasteiger partial charge in [0.25, 0.3) is 0 Å². The molecule has 0 saturated heterocycles. The molecule has 2 aromatic rings. The number of benzene rings is 2. The molecule has 32 heavy (non-hydrogen) atoms. The Morgan fingerprint density at radius 1 is 1.09 bits per heavy atom. The first-order valence-electron chi connectivity index (χ1n) is 10.9. The fraction of sp³-hybridized carbons (Fsp3) is 0.407. The number of rotatable bonds is 4. The van der Waals surface area contributed by atoms with E-state index in [1.54, 1.807) is 53.7 Å². The Morgan fingerprint density at radius 3 is 2.25 bits per heavy atom. The van der Waals surface area contributed by atoms with Crippen LogP contribution < -0.4 is 0 Å². The van der Waals surface area contributed by atoms with Gasteiger partial charge in [0.1, 0.15) is 17.5 Å². The van der Waals surface area contributed by atoms with Crippen LogP contribution in [0.15, 0.2) is 48.2 Å². The number of esters is 1. The Balaban J connectivity index is 2.20. The molecule has 170 valence electrons. The van der Waals surface area contributed by atoms with Gasteiger partial charge in [0, 0.05) is 0 Å². The SMILES string of the molecule is CCc1cc(-c2ccc(F)cc2)ccc1C1=C(OC(=O)C(C)(C)C)C(C)(C)OC(C)C1=O. The predicted octanol–water partition coefficient (Wildman–Crippen LogP) is 6.12. The zero-order valence-corrected chi connectivity index (χ0v) is 19.8. The fourth-order valence-electron chi connectivity index (χ4n) is 3.79. The molecule has 0 radical (unpaired) electrons. The number of ether oxygens (including phenoxy) is 2. The summed E-state index contributed by atoms with van der Waals surface area (Å²) >= 11 is 0. The molecule has 2 aromatic carbocycles. The van der Waals surface area contributed by atoms with Crippen molar-refractivity contribution >= 4 is 17.3 Å². The highest BCUT2D eigenvalue weighted by Gasteiger charge is 2.44. The van der Waals surface area contributed by atoms with Crippen LogP contribution >= 0.6 is 0 Å². The van der Waals surface area contributed by atoms with Crippen LogP contribution in [0.4, 0.5) is 4.39 Å². The lowest BCUT2D eigenvalue weighted by Gasteiger charge is -2.37. The number of hydrogen-bond acceptors (Lipinski definition) is 4. The summed E-state index contributed by atoms with van der Waals surface area (Å²) in [7, 11) is 0. The van der Waals surface area contributed by atoms with Gasteiger partial charge in [-0.05, 0) is 82.3 Å². The van der Waals surface area contributed by atoms with Gasteiger partial charge in [0.05, 0.1) is 11.0 Å². The van der Waals surface area contributed by atoms with Crippen molar-refractivity contribution in [1.82, 2.24) is 0 Å². The van der Waals surface area contributed by atoms with E-state index in [0.29, 0.717) is 12.0 Å². The number of carbonyl (C=O) groups is 2. The molecule has 0 aliphatic carbocycles. The van der Waals surface area contributed by atoms with Gasteiger partial charge in [-0.1, -0.05) is 37.3 Å². The summed E-state index contributed by atoms with van der Waals surface area (Å²) in [6.45, 7) is 12.6. The first-order chi connectivity index (χ1) is 14.8. The molecule has 1 unspecified atom stereocenters. The molecule has 0 spiro atoms. The standard InChI is InChI=1S/C27H31FO4/c1-8-17-15-19(18-9-12-20(28)13-10-18)11-14-21(17)22-23(29)16(2)32-27(6,7)24(22)31-25(30)26(3,4)5/h9-16H,8H2,1-7H3. The molecule has 5 heteroatoms. The minimum absolute atomic E-state index is 0.217. The van der Waals surface area contributed by atoms with Crippen LogP contribution in [0.1, 0.15) is 59.6 Å². The van der Waals surface area contributed by atoms with E-state index in [0.717, 1.165) is 22.3 Å². The Bertz CT molecular complexity index is 1070. The summed E-state index contributed by atoms with van der Waals surface area (Å²) in [5.41, 5.74) is 2.16. The van der Waals surface area contributed by atoms with Crippen LogP contribution in [-0.2, 0) is 25.5 Å². The molecule has 0 fully saturated rings. The molecule has 1 heterocycles. The smallest absolute Gasteiger partial charge is 0.316 e. The molecule has 1 atom stereocenters. The van der Waals surface area contributed by atoms with Gasteiger partial charge < -0.3 is 9.47 Å². The molecule has 0 bridgehead atoms. The number of Topliss-reactive ketones (excluding diaryl/α,β-unsaturated/α-hetero) is 1. The van der Waals surface area contributed by atoms with Crippen LogP contribution in [0.2, 0.25) is 0 Å². The van der Waals surface area contributed by atoms with Crippen molar-refractivity contribution in [2.24, 2.45) is 5.41 Å². The average Bonchev–Trinajstić information content (AvgIpc) is 2.71. The molecule has 0 aromatic heterocycles. The van der Waals surface area contributed by atoms with Crippen molar-refractivity contribution in [1.29, 1.82) is 0 Å². The molecule has 3 rings (SSSR count). The lowest BCUT2D eigenvalue weighted by molar-refractivity contribution is -0.158. The van der Waals surface area contributed by atoms with Crippen molar-refractivity contribution in [3.05, 3.63) is 65.2 Å². The molecule has 1 aliphatic rings. The summed E-state index contributed by atoms with van der Waals surface area (Å²) in [4.78, 5) is 26.1. The summed E-state index contributed by atoms with van der Waals surface area (Å²) in [6.07, 6.45) is -0.00399. The van der Waals surface area contributed by atoms with Gasteiger partial charge in [0.15, 0.2) is 11.5 Å². The second kappa shape index (κ2) is 8.62. The number of aryl methyl sites for hydroxylation is 1. The Kier molecular flexibility index (Phi) is 6.43. The minimum Gasteiger partial charge on any atom is -0.427 e. The van der Waals surface area contributed by atoms with Crippen LogP contribution in [0.25, 0.3) is 16.7 Å². The van der Waals surface area contributed by atoms with Crippen molar-refractivity contribution < 1.29 is 23.5 Å². The molecule has 1 aliphatic heterocycles. The normalized spacial score (nSPS) is 18.6. The quantitative estimate of drug-likeness (QED) is 0.540. The first-order valence-corrected chi connectivity index (χ1v) is 10.9. The van der Waals surface area contributed by atoms with E-state index >= 15 is 0 Å². The summed E-state index contributed by atoms with van der Waals surface area (Å²) in [5.74, 6) is -0.694. The number of ketones is 1. The van der Waals surface area contributed by atoms with Gasteiger partial charge in [-0.3, -0.25) is 9.59 Å². The molecular formula is C27H31FO4. The topological polar surface area (TPSA) is 52.6 Å². The molecule has 0 saturated carbocycles. The minimum atomic E-state index is -0.954. The second-order valence-corrected chi connectivity index (χ2v) is 9.71. The van der Waals surface area contributed by atoms with Crippen molar-refractivity contribution in [2.45, 2.75) is 66.6 Å². The highest BCUT2D eigenvalue weighted by molar-refractivity contribution is 6.24. The van der Waals surface area contributed by atoms with Gasteiger partial charge in [-0.15, -0.1) is 0 Å². The average molecular weight is 439 g/mol. The van der Waals surface area contributed by atoms with E-state index in [-0.39, 0.29) is 17.4 Å². The van der Waals surface area contributed by atoms with E-state index < -0.39 is 23.1 Å². The van der Waals surface area contributed by atoms with Gasteiger partial charge in [0.2, 0.25) is 0 Å². The monoisotopic (exact) mass is 438 g/mol. The predicted molar refractivity (Wildman–Crippen MR) is 123 cm³/mol. The largest absolute Gasteiger partial charge is 0.427 e. The molecular weight excluding hydrogens is 407 g/mol. The summed E-state index contributed by atoms with van der Waals surface area (Å²) in [6, 6.07) is 12.1. The van der Waals surface area contributed by atoms with E-state index in [1.165, 1.54) is 12.1 Å². The molecule has 4 nitrogen and oxygen atoms in total. The van der Waals surface area contributed by atoms with Crippen molar-refractivity contribution in [2.75, 3.05) is 0 Å². The Hall–Kier alpha value is -2.79. The van der Waals surface area contributed by atoms with Gasteiger partial charge in [-0.2, -0.15) is 0 Å². The summed E-state index contributed by atoms with van der Waals surface area (Å²) in [5, 5.41) is 0. The Morgan fingerprint density at radius 2 is 1.69 bits per heavy atom. The van der Waals surface area contributed by atoms with Crippen molar-refractivity contribution in [3.63, 3.8) is 0 Å².